The van der Waals surface area contributed by atoms with E-state index in [4.69, 9.17) is 11.6 Å². The Balaban J connectivity index is 2.07. The molecule has 16 heavy (non-hydrogen) atoms. The zero-order valence-corrected chi connectivity index (χ0v) is 10.4. The van der Waals surface area contributed by atoms with Gasteiger partial charge < -0.3 is 4.31 Å². The fraction of sp³-hybridized carbons (Fsp3) is 0.231. The SMILES string of the molecule is ClCCCN1Sc2cccc3cccc1c23. The number of rotatable bonds is 3. The summed E-state index contributed by atoms with van der Waals surface area (Å²) in [5, 5.41) is 2.72. The van der Waals surface area contributed by atoms with Gasteiger partial charge in [0.2, 0.25) is 0 Å². The van der Waals surface area contributed by atoms with Gasteiger partial charge in [-0.25, -0.2) is 0 Å². The van der Waals surface area contributed by atoms with Crippen LogP contribution in [0.1, 0.15) is 6.42 Å². The Labute approximate surface area is 105 Å². The fourth-order valence-electron chi connectivity index (χ4n) is 2.11. The zero-order valence-electron chi connectivity index (χ0n) is 8.82. The number of hydrogen-bond acceptors (Lipinski definition) is 2. The van der Waals surface area contributed by atoms with Crippen LogP contribution in [0.5, 0.6) is 0 Å². The molecule has 0 aliphatic carbocycles. The van der Waals surface area contributed by atoms with Crippen LogP contribution in [0.25, 0.3) is 10.8 Å². The van der Waals surface area contributed by atoms with Crippen molar-refractivity contribution in [3.63, 3.8) is 0 Å². The average Bonchev–Trinajstić information content (AvgIpc) is 2.68. The topological polar surface area (TPSA) is 3.24 Å². The highest BCUT2D eigenvalue weighted by Gasteiger charge is 2.21. The predicted octanol–water partition coefficient (Wildman–Crippen LogP) is 4.30. The van der Waals surface area contributed by atoms with Crippen molar-refractivity contribution in [1.82, 2.24) is 0 Å². The molecular formula is C13H12ClNS. The molecule has 1 aliphatic heterocycles. The summed E-state index contributed by atoms with van der Waals surface area (Å²) < 4.78 is 2.35. The van der Waals surface area contributed by atoms with E-state index in [-0.39, 0.29) is 0 Å². The lowest BCUT2D eigenvalue weighted by Gasteiger charge is -2.16. The number of benzene rings is 2. The molecule has 0 radical (unpaired) electrons. The summed E-state index contributed by atoms with van der Waals surface area (Å²) in [7, 11) is 0. The molecular weight excluding hydrogens is 238 g/mol. The molecule has 3 rings (SSSR count). The molecule has 0 saturated carbocycles. The van der Waals surface area contributed by atoms with E-state index in [2.05, 4.69) is 40.7 Å². The van der Waals surface area contributed by atoms with Crippen molar-refractivity contribution in [1.29, 1.82) is 0 Å². The third-order valence-corrected chi connectivity index (χ3v) is 4.22. The van der Waals surface area contributed by atoms with Crippen LogP contribution in [0.4, 0.5) is 5.69 Å². The summed E-state index contributed by atoms with van der Waals surface area (Å²) in [4.78, 5) is 1.36. The lowest BCUT2D eigenvalue weighted by Crippen LogP contribution is -2.12. The van der Waals surface area contributed by atoms with Crippen LogP contribution in [-0.4, -0.2) is 12.4 Å². The van der Waals surface area contributed by atoms with E-state index in [0.29, 0.717) is 0 Å². The van der Waals surface area contributed by atoms with E-state index < -0.39 is 0 Å². The van der Waals surface area contributed by atoms with Gasteiger partial charge in [0.25, 0.3) is 0 Å². The summed E-state index contributed by atoms with van der Waals surface area (Å²) in [6.45, 7) is 1.02. The van der Waals surface area contributed by atoms with Crippen molar-refractivity contribution in [2.75, 3.05) is 16.7 Å². The molecule has 0 fully saturated rings. The third-order valence-electron chi connectivity index (χ3n) is 2.82. The van der Waals surface area contributed by atoms with E-state index >= 15 is 0 Å². The van der Waals surface area contributed by atoms with Crippen molar-refractivity contribution in [3.8, 4) is 0 Å². The molecule has 0 bridgehead atoms. The summed E-state index contributed by atoms with van der Waals surface area (Å²) >= 11 is 7.59. The van der Waals surface area contributed by atoms with Gasteiger partial charge in [-0.15, -0.1) is 11.6 Å². The van der Waals surface area contributed by atoms with Gasteiger partial charge in [0.05, 0.1) is 5.69 Å². The molecule has 0 spiro atoms. The van der Waals surface area contributed by atoms with Crippen molar-refractivity contribution in [2.45, 2.75) is 11.3 Å². The quantitative estimate of drug-likeness (QED) is 0.590. The summed E-state index contributed by atoms with van der Waals surface area (Å²) in [6, 6.07) is 13.0. The average molecular weight is 250 g/mol. The van der Waals surface area contributed by atoms with Gasteiger partial charge in [0.1, 0.15) is 0 Å². The van der Waals surface area contributed by atoms with E-state index in [1.165, 1.54) is 21.4 Å². The first kappa shape index (κ1) is 10.3. The number of nitrogens with zero attached hydrogens (tertiary/aromatic N) is 1. The monoisotopic (exact) mass is 249 g/mol. The lowest BCUT2D eigenvalue weighted by atomic mass is 10.1. The van der Waals surface area contributed by atoms with Gasteiger partial charge in [0.15, 0.2) is 0 Å². The standard InChI is InChI=1S/C13H12ClNS/c14-8-3-9-15-11-6-1-4-10-5-2-7-12(16-15)13(10)11/h1-2,4-7H,3,8-9H2. The van der Waals surface area contributed by atoms with Gasteiger partial charge in [-0.2, -0.15) is 0 Å². The Kier molecular flexibility index (Phi) is 2.70. The van der Waals surface area contributed by atoms with Crippen molar-refractivity contribution in [2.24, 2.45) is 0 Å². The normalized spacial score (nSPS) is 13.7. The molecule has 0 unspecified atom stereocenters. The number of alkyl halides is 1. The highest BCUT2D eigenvalue weighted by Crippen LogP contribution is 2.45. The Morgan fingerprint density at radius 1 is 1.12 bits per heavy atom. The maximum absolute atomic E-state index is 5.76. The maximum atomic E-state index is 5.76. The first-order chi connectivity index (χ1) is 7.90. The molecule has 1 nitrogen and oxygen atoms in total. The van der Waals surface area contributed by atoms with Gasteiger partial charge in [0, 0.05) is 22.7 Å². The minimum Gasteiger partial charge on any atom is -0.311 e. The second kappa shape index (κ2) is 4.19. The molecule has 0 atom stereocenters. The van der Waals surface area contributed by atoms with Crippen LogP contribution in [0.3, 0.4) is 0 Å². The molecule has 3 heteroatoms. The van der Waals surface area contributed by atoms with Crippen molar-refractivity contribution in [3.05, 3.63) is 36.4 Å². The number of halogens is 1. The third kappa shape index (κ3) is 1.57. The van der Waals surface area contributed by atoms with Crippen LogP contribution >= 0.6 is 23.5 Å². The first-order valence-corrected chi connectivity index (χ1v) is 6.74. The molecule has 1 heterocycles. The molecule has 1 aliphatic rings. The Morgan fingerprint density at radius 2 is 1.94 bits per heavy atom. The van der Waals surface area contributed by atoms with Crippen LogP contribution in [0, 0.1) is 0 Å². The first-order valence-electron chi connectivity index (χ1n) is 5.43. The van der Waals surface area contributed by atoms with Gasteiger partial charge in [-0.05, 0) is 35.9 Å². The predicted molar refractivity (Wildman–Crippen MR) is 72.5 cm³/mol. The summed E-state index contributed by atoms with van der Waals surface area (Å²) in [5.74, 6) is 0.726. The van der Waals surface area contributed by atoms with Crippen LogP contribution in [0.15, 0.2) is 41.3 Å². The van der Waals surface area contributed by atoms with E-state index in [1.54, 1.807) is 0 Å². The van der Waals surface area contributed by atoms with E-state index in [0.717, 1.165) is 18.8 Å². The lowest BCUT2D eigenvalue weighted by molar-refractivity contribution is 0.942. The minimum atomic E-state index is 0.726. The Hall–Kier alpha value is -0.860. The number of hydrogen-bond donors (Lipinski definition) is 0. The largest absolute Gasteiger partial charge is 0.311 e. The smallest absolute Gasteiger partial charge is 0.0563 e. The summed E-state index contributed by atoms with van der Waals surface area (Å²) in [5.41, 5.74) is 1.34. The van der Waals surface area contributed by atoms with Crippen LogP contribution < -0.4 is 4.31 Å². The molecule has 2 aromatic carbocycles. The second-order valence-corrected chi connectivity index (χ2v) is 5.31. The maximum Gasteiger partial charge on any atom is 0.0563 e. The molecule has 0 amide bonds. The van der Waals surface area contributed by atoms with Crippen molar-refractivity contribution < 1.29 is 0 Å². The molecule has 0 aromatic heterocycles. The van der Waals surface area contributed by atoms with E-state index in [1.807, 2.05) is 11.9 Å². The Bertz CT molecular complexity index is 521. The van der Waals surface area contributed by atoms with Gasteiger partial charge >= 0.3 is 0 Å². The molecule has 2 aromatic rings. The van der Waals surface area contributed by atoms with Gasteiger partial charge in [-0.3, -0.25) is 0 Å². The summed E-state index contributed by atoms with van der Waals surface area (Å²) in [6.07, 6.45) is 1.03. The highest BCUT2D eigenvalue weighted by atomic mass is 35.5. The fourth-order valence-corrected chi connectivity index (χ4v) is 3.39. The molecule has 0 N–H and O–H groups in total. The molecule has 0 saturated heterocycles. The minimum absolute atomic E-state index is 0.726. The van der Waals surface area contributed by atoms with E-state index in [9.17, 15) is 0 Å². The number of anilines is 1. The van der Waals surface area contributed by atoms with Crippen LogP contribution in [0.2, 0.25) is 0 Å². The van der Waals surface area contributed by atoms with Crippen molar-refractivity contribution >= 4 is 40.0 Å². The molecule has 82 valence electrons. The zero-order chi connectivity index (χ0) is 11.0. The van der Waals surface area contributed by atoms with Gasteiger partial charge in [-0.1, -0.05) is 24.3 Å². The second-order valence-electron chi connectivity index (χ2n) is 3.87. The Morgan fingerprint density at radius 3 is 2.75 bits per heavy atom. The highest BCUT2D eigenvalue weighted by molar-refractivity contribution is 8.01. The van der Waals surface area contributed by atoms with Crippen LogP contribution in [-0.2, 0) is 0 Å².